The minimum Gasteiger partial charge on any atom is -0.371 e. The third-order valence-electron chi connectivity index (χ3n) is 4.87. The summed E-state index contributed by atoms with van der Waals surface area (Å²) in [5.41, 5.74) is 2.78. The summed E-state index contributed by atoms with van der Waals surface area (Å²) in [6.45, 7) is 6.04. The van der Waals surface area contributed by atoms with Crippen LogP contribution in [0, 0.1) is 18.8 Å². The van der Waals surface area contributed by atoms with Crippen LogP contribution in [-0.2, 0) is 0 Å². The van der Waals surface area contributed by atoms with Crippen LogP contribution >= 0.6 is 11.8 Å². The molecule has 3 fully saturated rings. The zero-order chi connectivity index (χ0) is 12.1. The molecule has 3 heteroatoms. The van der Waals surface area contributed by atoms with Gasteiger partial charge in [0.1, 0.15) is 0 Å². The quantitative estimate of drug-likeness (QED) is 0.766. The molecule has 18 heavy (non-hydrogen) atoms. The average molecular weight is 260 g/mol. The first-order valence-corrected chi connectivity index (χ1v) is 8.10. The molecule has 0 amide bonds. The zero-order valence-electron chi connectivity index (χ0n) is 10.9. The second-order valence-electron chi connectivity index (χ2n) is 6.00. The van der Waals surface area contributed by atoms with Gasteiger partial charge in [0.2, 0.25) is 0 Å². The molecule has 3 heterocycles. The van der Waals surface area contributed by atoms with Crippen LogP contribution in [0.1, 0.15) is 5.56 Å². The molecule has 4 rings (SSSR count). The molecule has 96 valence electrons. The van der Waals surface area contributed by atoms with Crippen molar-refractivity contribution in [2.45, 2.75) is 13.0 Å². The SMILES string of the molecule is Cc1ccc(N2CC3CN4CSC[C@H]4[C@H]3C2)cc1. The van der Waals surface area contributed by atoms with Gasteiger partial charge >= 0.3 is 0 Å². The van der Waals surface area contributed by atoms with E-state index in [-0.39, 0.29) is 0 Å². The number of fused-ring (bicyclic) bond motifs is 3. The molecule has 0 aliphatic carbocycles. The second kappa shape index (κ2) is 4.17. The molecule has 0 bridgehead atoms. The number of benzene rings is 1. The Morgan fingerprint density at radius 3 is 2.78 bits per heavy atom. The topological polar surface area (TPSA) is 6.48 Å². The van der Waals surface area contributed by atoms with E-state index in [2.05, 4.69) is 52.8 Å². The molecule has 3 aliphatic rings. The lowest BCUT2D eigenvalue weighted by Crippen LogP contribution is -2.33. The van der Waals surface area contributed by atoms with Crippen molar-refractivity contribution in [3.05, 3.63) is 29.8 Å². The van der Waals surface area contributed by atoms with Gasteiger partial charge in [0.05, 0.1) is 0 Å². The van der Waals surface area contributed by atoms with Gasteiger partial charge < -0.3 is 4.90 Å². The van der Waals surface area contributed by atoms with E-state index in [4.69, 9.17) is 0 Å². The third-order valence-corrected chi connectivity index (χ3v) is 5.96. The lowest BCUT2D eigenvalue weighted by atomic mass is 9.95. The van der Waals surface area contributed by atoms with Gasteiger partial charge in [-0.05, 0) is 30.9 Å². The molecule has 1 unspecified atom stereocenters. The van der Waals surface area contributed by atoms with Gasteiger partial charge in [0, 0.05) is 43.0 Å². The molecule has 1 aromatic carbocycles. The van der Waals surface area contributed by atoms with Gasteiger partial charge in [-0.15, -0.1) is 11.8 Å². The van der Waals surface area contributed by atoms with E-state index in [0.717, 1.165) is 17.9 Å². The summed E-state index contributed by atoms with van der Waals surface area (Å²) in [4.78, 5) is 5.32. The van der Waals surface area contributed by atoms with Crippen LogP contribution in [0.3, 0.4) is 0 Å². The Kier molecular flexibility index (Phi) is 2.59. The Morgan fingerprint density at radius 2 is 1.94 bits per heavy atom. The zero-order valence-corrected chi connectivity index (χ0v) is 11.7. The summed E-state index contributed by atoms with van der Waals surface area (Å²) in [5.74, 6) is 4.48. The van der Waals surface area contributed by atoms with Crippen molar-refractivity contribution >= 4 is 17.4 Å². The number of nitrogens with zero attached hydrogens (tertiary/aromatic N) is 2. The highest BCUT2D eigenvalue weighted by atomic mass is 32.2. The molecule has 0 radical (unpaired) electrons. The highest BCUT2D eigenvalue weighted by molar-refractivity contribution is 7.99. The number of anilines is 1. The summed E-state index contributed by atoms with van der Waals surface area (Å²) in [7, 11) is 0. The highest BCUT2D eigenvalue weighted by Gasteiger charge is 2.48. The third kappa shape index (κ3) is 1.68. The van der Waals surface area contributed by atoms with Gasteiger partial charge in [-0.25, -0.2) is 0 Å². The van der Waals surface area contributed by atoms with Crippen LogP contribution in [0.25, 0.3) is 0 Å². The van der Waals surface area contributed by atoms with E-state index in [9.17, 15) is 0 Å². The maximum atomic E-state index is 2.71. The standard InChI is InChI=1S/C15H20N2S/c1-11-2-4-13(5-3-11)16-6-12-7-17-10-18-9-15(17)14(12)8-16/h2-5,12,14-15H,6-10H2,1H3/t12?,14-,15-/m0/s1. The first-order chi connectivity index (χ1) is 8.81. The normalized spacial score (nSPS) is 34.9. The predicted molar refractivity (Wildman–Crippen MR) is 78.2 cm³/mol. The summed E-state index contributed by atoms with van der Waals surface area (Å²) < 4.78 is 0. The summed E-state index contributed by atoms with van der Waals surface area (Å²) in [6, 6.07) is 9.92. The minimum atomic E-state index is 0.871. The Bertz CT molecular complexity index is 444. The van der Waals surface area contributed by atoms with E-state index in [1.54, 1.807) is 0 Å². The highest BCUT2D eigenvalue weighted by Crippen LogP contribution is 2.42. The van der Waals surface area contributed by atoms with Crippen molar-refractivity contribution in [1.29, 1.82) is 0 Å². The van der Waals surface area contributed by atoms with Gasteiger partial charge in [-0.2, -0.15) is 0 Å². The number of thioether (sulfide) groups is 1. The molecular weight excluding hydrogens is 240 g/mol. The van der Waals surface area contributed by atoms with Gasteiger partial charge in [0.15, 0.2) is 0 Å². The van der Waals surface area contributed by atoms with E-state index < -0.39 is 0 Å². The molecule has 3 atom stereocenters. The van der Waals surface area contributed by atoms with Crippen LogP contribution in [-0.4, -0.2) is 42.2 Å². The van der Waals surface area contributed by atoms with Gasteiger partial charge in [-0.1, -0.05) is 17.7 Å². The van der Waals surface area contributed by atoms with Crippen molar-refractivity contribution < 1.29 is 0 Å². The van der Waals surface area contributed by atoms with Crippen LogP contribution in [0.5, 0.6) is 0 Å². The van der Waals surface area contributed by atoms with Crippen molar-refractivity contribution in [1.82, 2.24) is 4.90 Å². The van der Waals surface area contributed by atoms with Gasteiger partial charge in [-0.3, -0.25) is 4.90 Å². The molecular formula is C15H20N2S. The fraction of sp³-hybridized carbons (Fsp3) is 0.600. The Labute approximate surface area is 113 Å². The Balaban J connectivity index is 1.53. The summed E-state index contributed by atoms with van der Waals surface area (Å²) in [5, 5.41) is 0. The van der Waals surface area contributed by atoms with Gasteiger partial charge in [0.25, 0.3) is 0 Å². The van der Waals surface area contributed by atoms with Crippen LogP contribution < -0.4 is 4.90 Å². The lowest BCUT2D eigenvalue weighted by Gasteiger charge is -2.24. The molecule has 0 N–H and O–H groups in total. The molecule has 0 aromatic heterocycles. The smallest absolute Gasteiger partial charge is 0.0448 e. The molecule has 2 nitrogen and oxygen atoms in total. The molecule has 1 aromatic rings. The van der Waals surface area contributed by atoms with E-state index >= 15 is 0 Å². The molecule has 0 saturated carbocycles. The summed E-state index contributed by atoms with van der Waals surface area (Å²) in [6.07, 6.45) is 0. The molecule has 3 saturated heterocycles. The first kappa shape index (κ1) is 11.2. The van der Waals surface area contributed by atoms with Crippen molar-refractivity contribution in [3.63, 3.8) is 0 Å². The van der Waals surface area contributed by atoms with Crippen LogP contribution in [0.4, 0.5) is 5.69 Å². The maximum Gasteiger partial charge on any atom is 0.0448 e. The number of hydrogen-bond acceptors (Lipinski definition) is 3. The monoisotopic (exact) mass is 260 g/mol. The van der Waals surface area contributed by atoms with Crippen molar-refractivity contribution in [3.8, 4) is 0 Å². The van der Waals surface area contributed by atoms with E-state index in [1.165, 1.54) is 42.5 Å². The molecule has 3 aliphatic heterocycles. The predicted octanol–water partition coefficient (Wildman–Crippen LogP) is 2.44. The fourth-order valence-corrected chi connectivity index (χ4v) is 5.20. The second-order valence-corrected chi connectivity index (χ2v) is 7.00. The summed E-state index contributed by atoms with van der Waals surface area (Å²) >= 11 is 2.12. The Hall–Kier alpha value is -0.670. The number of aryl methyl sites for hydroxylation is 1. The first-order valence-electron chi connectivity index (χ1n) is 6.95. The molecule has 0 spiro atoms. The average Bonchev–Trinajstić information content (AvgIpc) is 3.00. The van der Waals surface area contributed by atoms with E-state index in [0.29, 0.717) is 0 Å². The number of rotatable bonds is 1. The minimum absolute atomic E-state index is 0.871. The largest absolute Gasteiger partial charge is 0.371 e. The van der Waals surface area contributed by atoms with Crippen LogP contribution in [0.15, 0.2) is 24.3 Å². The van der Waals surface area contributed by atoms with Crippen molar-refractivity contribution in [2.75, 3.05) is 36.2 Å². The lowest BCUT2D eigenvalue weighted by molar-refractivity contribution is 0.304. The number of hydrogen-bond donors (Lipinski definition) is 0. The van der Waals surface area contributed by atoms with Crippen molar-refractivity contribution in [2.24, 2.45) is 11.8 Å². The fourth-order valence-electron chi connectivity index (χ4n) is 3.87. The van der Waals surface area contributed by atoms with E-state index in [1.807, 2.05) is 0 Å². The van der Waals surface area contributed by atoms with Crippen LogP contribution in [0.2, 0.25) is 0 Å². The maximum absolute atomic E-state index is 2.71. The Morgan fingerprint density at radius 1 is 1.11 bits per heavy atom.